The van der Waals surface area contributed by atoms with Crippen molar-refractivity contribution in [1.29, 1.82) is 0 Å². The minimum atomic E-state index is -0.142. The van der Waals surface area contributed by atoms with E-state index >= 15 is 0 Å². The van der Waals surface area contributed by atoms with E-state index in [1.807, 2.05) is 53.2 Å². The largest absolute Gasteiger partial charge is 0.367 e. The van der Waals surface area contributed by atoms with Gasteiger partial charge in [-0.3, -0.25) is 4.79 Å². The van der Waals surface area contributed by atoms with Crippen molar-refractivity contribution in [3.8, 4) is 0 Å². The summed E-state index contributed by atoms with van der Waals surface area (Å²) in [5.41, 5.74) is 3.48. The second-order valence-corrected chi connectivity index (χ2v) is 7.77. The molecule has 0 unspecified atom stereocenters. The molecule has 6 nitrogen and oxygen atoms in total. The molecule has 4 rings (SSSR count). The third-order valence-corrected chi connectivity index (χ3v) is 5.43. The first-order valence-corrected chi connectivity index (χ1v) is 10.1. The molecule has 1 N–H and O–H groups in total. The lowest BCUT2D eigenvalue weighted by Crippen LogP contribution is -2.44. The number of carbonyl (C=O) groups is 1. The monoisotopic (exact) mass is 409 g/mol. The summed E-state index contributed by atoms with van der Waals surface area (Å²) in [5, 5.41) is 3.65. The lowest BCUT2D eigenvalue weighted by molar-refractivity contribution is 0.102. The standard InChI is InChI=1S/C22H24ClN5O/c1-26-10-12-28(13-11-26)21-7-6-19(23)14-20(21)25-22(29)18-4-2-17(3-5-18)15-27-9-8-24-16-27/h2-9,14,16H,10-13,15H2,1H3,(H,25,29). The van der Waals surface area contributed by atoms with Gasteiger partial charge in [0.25, 0.3) is 5.91 Å². The number of halogens is 1. The van der Waals surface area contributed by atoms with Crippen LogP contribution in [-0.2, 0) is 6.54 Å². The molecule has 1 saturated heterocycles. The zero-order valence-corrected chi connectivity index (χ0v) is 17.1. The van der Waals surface area contributed by atoms with E-state index in [0.29, 0.717) is 10.6 Å². The SMILES string of the molecule is CN1CCN(c2ccc(Cl)cc2NC(=O)c2ccc(Cn3ccnc3)cc2)CC1. The van der Waals surface area contributed by atoms with Crippen LogP contribution in [0.5, 0.6) is 0 Å². The lowest BCUT2D eigenvalue weighted by Gasteiger charge is -2.35. The summed E-state index contributed by atoms with van der Waals surface area (Å²) in [4.78, 5) is 21.5. The fraction of sp³-hybridized carbons (Fsp3) is 0.273. The number of benzene rings is 2. The van der Waals surface area contributed by atoms with Crippen LogP contribution in [0.25, 0.3) is 0 Å². The second-order valence-electron chi connectivity index (χ2n) is 7.34. The van der Waals surface area contributed by atoms with Gasteiger partial charge in [0.05, 0.1) is 17.7 Å². The number of carbonyl (C=O) groups excluding carboxylic acids is 1. The number of likely N-dealkylation sites (N-methyl/N-ethyl adjacent to an activating group) is 1. The summed E-state index contributed by atoms with van der Waals surface area (Å²) < 4.78 is 1.99. The van der Waals surface area contributed by atoms with Gasteiger partial charge in [0.1, 0.15) is 0 Å². The molecule has 0 bridgehead atoms. The van der Waals surface area contributed by atoms with Crippen molar-refractivity contribution in [2.45, 2.75) is 6.54 Å². The Kier molecular flexibility index (Phi) is 5.83. The van der Waals surface area contributed by atoms with E-state index in [9.17, 15) is 4.79 Å². The molecule has 0 spiro atoms. The van der Waals surface area contributed by atoms with Crippen LogP contribution in [0.3, 0.4) is 0 Å². The average molecular weight is 410 g/mol. The van der Waals surface area contributed by atoms with Crippen LogP contribution < -0.4 is 10.2 Å². The summed E-state index contributed by atoms with van der Waals surface area (Å²) in [6.07, 6.45) is 5.45. The maximum absolute atomic E-state index is 12.8. The van der Waals surface area contributed by atoms with Gasteiger partial charge in [-0.1, -0.05) is 23.7 Å². The predicted octanol–water partition coefficient (Wildman–Crippen LogP) is 3.59. The van der Waals surface area contributed by atoms with E-state index in [0.717, 1.165) is 49.7 Å². The molecule has 0 atom stereocenters. The van der Waals surface area contributed by atoms with Crippen LogP contribution in [0.1, 0.15) is 15.9 Å². The van der Waals surface area contributed by atoms with Crippen molar-refractivity contribution < 1.29 is 4.79 Å². The highest BCUT2D eigenvalue weighted by atomic mass is 35.5. The summed E-state index contributed by atoms with van der Waals surface area (Å²) in [6, 6.07) is 13.3. The Labute approximate surface area is 175 Å². The van der Waals surface area contributed by atoms with E-state index in [1.54, 1.807) is 12.5 Å². The third kappa shape index (κ3) is 4.78. The van der Waals surface area contributed by atoms with Crippen molar-refractivity contribution in [3.63, 3.8) is 0 Å². The van der Waals surface area contributed by atoms with Gasteiger partial charge >= 0.3 is 0 Å². The zero-order valence-electron chi connectivity index (χ0n) is 16.4. The summed E-state index contributed by atoms with van der Waals surface area (Å²) in [7, 11) is 2.12. The molecule has 29 heavy (non-hydrogen) atoms. The van der Waals surface area contributed by atoms with Gasteiger partial charge in [-0.2, -0.15) is 0 Å². The lowest BCUT2D eigenvalue weighted by atomic mass is 10.1. The fourth-order valence-electron chi connectivity index (χ4n) is 3.48. The third-order valence-electron chi connectivity index (χ3n) is 5.19. The van der Waals surface area contributed by atoms with E-state index in [2.05, 4.69) is 27.1 Å². The first-order valence-electron chi connectivity index (χ1n) is 9.67. The first-order chi connectivity index (χ1) is 14.1. The van der Waals surface area contributed by atoms with Gasteiger partial charge < -0.3 is 19.7 Å². The number of nitrogens with one attached hydrogen (secondary N) is 1. The zero-order chi connectivity index (χ0) is 20.2. The number of anilines is 2. The molecule has 1 amide bonds. The summed E-state index contributed by atoms with van der Waals surface area (Å²) in [5.74, 6) is -0.142. The van der Waals surface area contributed by atoms with Crippen LogP contribution in [-0.4, -0.2) is 53.6 Å². The van der Waals surface area contributed by atoms with Crippen LogP contribution in [0.2, 0.25) is 5.02 Å². The number of piperazine rings is 1. The number of hydrogen-bond donors (Lipinski definition) is 1. The normalized spacial score (nSPS) is 14.8. The average Bonchev–Trinajstić information content (AvgIpc) is 3.23. The highest BCUT2D eigenvalue weighted by molar-refractivity contribution is 6.31. The highest BCUT2D eigenvalue weighted by Crippen LogP contribution is 2.30. The number of aromatic nitrogens is 2. The first kappa shape index (κ1) is 19.5. The topological polar surface area (TPSA) is 53.4 Å². The maximum Gasteiger partial charge on any atom is 0.255 e. The molecular weight excluding hydrogens is 386 g/mol. The summed E-state index contributed by atoms with van der Waals surface area (Å²) >= 11 is 6.21. The number of rotatable bonds is 5. The van der Waals surface area contributed by atoms with Gasteiger partial charge in [0.15, 0.2) is 0 Å². The smallest absolute Gasteiger partial charge is 0.255 e. The Morgan fingerprint density at radius 2 is 1.86 bits per heavy atom. The molecule has 150 valence electrons. The molecule has 3 aromatic rings. The molecule has 0 aliphatic carbocycles. The number of amides is 1. The molecule has 1 fully saturated rings. The Bertz CT molecular complexity index is 963. The van der Waals surface area contributed by atoms with Crippen LogP contribution >= 0.6 is 11.6 Å². The summed E-state index contributed by atoms with van der Waals surface area (Å²) in [6.45, 7) is 4.56. The van der Waals surface area contributed by atoms with Gasteiger partial charge in [-0.15, -0.1) is 0 Å². The van der Waals surface area contributed by atoms with Crippen LogP contribution in [0.4, 0.5) is 11.4 Å². The van der Waals surface area contributed by atoms with Crippen molar-refractivity contribution in [2.75, 3.05) is 43.4 Å². The van der Waals surface area contributed by atoms with E-state index < -0.39 is 0 Å². The molecule has 1 aliphatic heterocycles. The van der Waals surface area contributed by atoms with E-state index in [-0.39, 0.29) is 5.91 Å². The Hall–Kier alpha value is -2.83. The van der Waals surface area contributed by atoms with Crippen LogP contribution in [0.15, 0.2) is 61.2 Å². The van der Waals surface area contributed by atoms with Gasteiger partial charge in [-0.25, -0.2) is 4.98 Å². The van der Waals surface area contributed by atoms with E-state index in [4.69, 9.17) is 11.6 Å². The molecule has 7 heteroatoms. The van der Waals surface area contributed by atoms with Crippen molar-refractivity contribution in [2.24, 2.45) is 0 Å². The maximum atomic E-state index is 12.8. The Morgan fingerprint density at radius 1 is 1.10 bits per heavy atom. The van der Waals surface area contributed by atoms with Gasteiger partial charge in [0, 0.05) is 55.7 Å². The minimum absolute atomic E-state index is 0.142. The second kappa shape index (κ2) is 8.68. The predicted molar refractivity (Wildman–Crippen MR) is 117 cm³/mol. The Morgan fingerprint density at radius 3 is 2.55 bits per heavy atom. The van der Waals surface area contributed by atoms with Crippen LogP contribution in [0, 0.1) is 0 Å². The van der Waals surface area contributed by atoms with Crippen molar-refractivity contribution in [3.05, 3.63) is 77.3 Å². The molecule has 0 saturated carbocycles. The van der Waals surface area contributed by atoms with Crippen molar-refractivity contribution in [1.82, 2.24) is 14.5 Å². The molecule has 0 radical (unpaired) electrons. The minimum Gasteiger partial charge on any atom is -0.367 e. The Balaban J connectivity index is 1.48. The molecule has 1 aliphatic rings. The molecular formula is C22H24ClN5O. The number of hydrogen-bond acceptors (Lipinski definition) is 4. The molecule has 1 aromatic heterocycles. The number of imidazole rings is 1. The van der Waals surface area contributed by atoms with Gasteiger partial charge in [-0.05, 0) is 42.9 Å². The van der Waals surface area contributed by atoms with E-state index in [1.165, 1.54) is 0 Å². The fourth-order valence-corrected chi connectivity index (χ4v) is 3.65. The molecule has 2 heterocycles. The highest BCUT2D eigenvalue weighted by Gasteiger charge is 2.18. The quantitative estimate of drug-likeness (QED) is 0.699. The van der Waals surface area contributed by atoms with Gasteiger partial charge in [0.2, 0.25) is 0 Å². The van der Waals surface area contributed by atoms with Crippen molar-refractivity contribution >= 4 is 28.9 Å². The molecule has 2 aromatic carbocycles. The number of nitrogens with zero attached hydrogens (tertiary/aromatic N) is 4.